The van der Waals surface area contributed by atoms with Gasteiger partial charge in [0.25, 0.3) is 0 Å². The fourth-order valence-electron chi connectivity index (χ4n) is 0.754. The summed E-state index contributed by atoms with van der Waals surface area (Å²) >= 11 is 0. The van der Waals surface area contributed by atoms with E-state index < -0.39 is 9.05 Å². The third kappa shape index (κ3) is 12.2. The Morgan fingerprint density at radius 1 is 1.31 bits per heavy atom. The third-order valence-electron chi connectivity index (χ3n) is 1.52. The van der Waals surface area contributed by atoms with E-state index in [1.54, 1.807) is 0 Å². The molecule has 0 aliphatic carbocycles. The molecule has 0 heterocycles. The predicted octanol–water partition coefficient (Wildman–Crippen LogP) is 2.01. The zero-order valence-electron chi connectivity index (χ0n) is 8.12. The van der Waals surface area contributed by atoms with E-state index in [0.717, 1.165) is 6.42 Å². The van der Waals surface area contributed by atoms with Crippen LogP contribution < -0.4 is 0 Å². The quantitative estimate of drug-likeness (QED) is 0.495. The van der Waals surface area contributed by atoms with Crippen LogP contribution in [0.3, 0.4) is 0 Å². The van der Waals surface area contributed by atoms with Gasteiger partial charge in [-0.1, -0.05) is 13.8 Å². The lowest BCUT2D eigenvalue weighted by atomic mass is 10.1. The maximum absolute atomic E-state index is 10.5. The van der Waals surface area contributed by atoms with Gasteiger partial charge in [0.15, 0.2) is 0 Å². The predicted molar refractivity (Wildman–Crippen MR) is 54.5 cm³/mol. The molecule has 0 aliphatic heterocycles. The molecule has 5 heteroatoms. The summed E-state index contributed by atoms with van der Waals surface area (Å²) in [5.41, 5.74) is 0. The van der Waals surface area contributed by atoms with Crippen molar-refractivity contribution in [1.82, 2.24) is 0 Å². The molecule has 0 aliphatic rings. The smallest absolute Gasteiger partial charge is 0.232 e. The van der Waals surface area contributed by atoms with Crippen molar-refractivity contribution in [3.05, 3.63) is 0 Å². The second kappa shape index (κ2) is 6.62. The number of hydrogen-bond donors (Lipinski definition) is 0. The largest absolute Gasteiger partial charge is 0.381 e. The Hall–Kier alpha value is 0.200. The van der Waals surface area contributed by atoms with E-state index in [9.17, 15) is 8.42 Å². The molecule has 0 spiro atoms. The molecule has 0 aromatic rings. The van der Waals surface area contributed by atoms with Crippen molar-refractivity contribution in [2.45, 2.75) is 26.7 Å². The first-order valence-electron chi connectivity index (χ1n) is 4.42. The maximum atomic E-state index is 10.5. The van der Waals surface area contributed by atoms with Crippen molar-refractivity contribution in [3.8, 4) is 0 Å². The average Bonchev–Trinajstić information content (AvgIpc) is 1.93. The number of halogens is 1. The second-order valence-corrected chi connectivity index (χ2v) is 6.29. The SMILES string of the molecule is CC(C)CCOCCCS(=O)(=O)Cl. The molecular formula is C8H17ClO3S. The molecule has 0 rings (SSSR count). The Morgan fingerprint density at radius 3 is 2.38 bits per heavy atom. The second-order valence-electron chi connectivity index (χ2n) is 3.39. The summed E-state index contributed by atoms with van der Waals surface area (Å²) in [6, 6.07) is 0. The van der Waals surface area contributed by atoms with Gasteiger partial charge in [-0.2, -0.15) is 0 Å². The van der Waals surface area contributed by atoms with Gasteiger partial charge in [-0.25, -0.2) is 8.42 Å². The Bertz CT molecular complexity index is 211. The van der Waals surface area contributed by atoms with Crippen LogP contribution in [0.25, 0.3) is 0 Å². The zero-order valence-corrected chi connectivity index (χ0v) is 9.70. The van der Waals surface area contributed by atoms with Crippen LogP contribution in [-0.2, 0) is 13.8 Å². The minimum atomic E-state index is -3.34. The van der Waals surface area contributed by atoms with Gasteiger partial charge < -0.3 is 4.74 Å². The molecule has 0 unspecified atom stereocenters. The minimum Gasteiger partial charge on any atom is -0.381 e. The summed E-state index contributed by atoms with van der Waals surface area (Å²) in [6.45, 7) is 5.40. The molecule has 0 fully saturated rings. The fourth-order valence-corrected chi connectivity index (χ4v) is 1.54. The monoisotopic (exact) mass is 228 g/mol. The van der Waals surface area contributed by atoms with Crippen LogP contribution in [0, 0.1) is 5.92 Å². The van der Waals surface area contributed by atoms with E-state index in [4.69, 9.17) is 15.4 Å². The molecule has 0 bridgehead atoms. The van der Waals surface area contributed by atoms with Gasteiger partial charge in [-0.3, -0.25) is 0 Å². The van der Waals surface area contributed by atoms with Crippen LogP contribution in [-0.4, -0.2) is 27.4 Å². The fraction of sp³-hybridized carbons (Fsp3) is 1.00. The lowest BCUT2D eigenvalue weighted by Crippen LogP contribution is -2.05. The molecule has 13 heavy (non-hydrogen) atoms. The molecule has 0 saturated heterocycles. The van der Waals surface area contributed by atoms with E-state index in [2.05, 4.69) is 13.8 Å². The molecule has 0 saturated carbocycles. The molecule has 0 aromatic heterocycles. The first kappa shape index (κ1) is 13.2. The van der Waals surface area contributed by atoms with Crippen molar-refractivity contribution in [1.29, 1.82) is 0 Å². The molecule has 0 radical (unpaired) electrons. The molecule has 0 atom stereocenters. The molecule has 0 aromatic carbocycles. The van der Waals surface area contributed by atoms with Crippen LogP contribution in [0.4, 0.5) is 0 Å². The lowest BCUT2D eigenvalue weighted by molar-refractivity contribution is 0.124. The summed E-state index contributed by atoms with van der Waals surface area (Å²) in [5, 5.41) is 0. The van der Waals surface area contributed by atoms with Gasteiger partial charge >= 0.3 is 0 Å². The van der Waals surface area contributed by atoms with Crippen LogP contribution in [0.15, 0.2) is 0 Å². The normalized spacial score (nSPS) is 12.3. The van der Waals surface area contributed by atoms with Crippen LogP contribution in [0.2, 0.25) is 0 Å². The molecular weight excluding hydrogens is 212 g/mol. The lowest BCUT2D eigenvalue weighted by Gasteiger charge is -2.05. The van der Waals surface area contributed by atoms with Gasteiger partial charge in [0.2, 0.25) is 9.05 Å². The standard InChI is InChI=1S/C8H17ClO3S/c1-8(2)4-6-12-5-3-7-13(9,10)11/h8H,3-7H2,1-2H3. The number of hydrogen-bond acceptors (Lipinski definition) is 3. The van der Waals surface area contributed by atoms with E-state index in [0.29, 0.717) is 25.6 Å². The first-order valence-corrected chi connectivity index (χ1v) is 6.90. The Balaban J connectivity index is 3.18. The van der Waals surface area contributed by atoms with Crippen molar-refractivity contribution in [2.75, 3.05) is 19.0 Å². The van der Waals surface area contributed by atoms with Crippen LogP contribution in [0.1, 0.15) is 26.7 Å². The molecule has 0 amide bonds. The summed E-state index contributed by atoms with van der Waals surface area (Å²) in [6.07, 6.45) is 1.48. The van der Waals surface area contributed by atoms with E-state index in [-0.39, 0.29) is 5.75 Å². The minimum absolute atomic E-state index is 0.00374. The highest BCUT2D eigenvalue weighted by Crippen LogP contribution is 2.01. The Labute approximate surface area is 84.8 Å². The number of rotatable bonds is 7. The number of ether oxygens (including phenoxy) is 1. The maximum Gasteiger partial charge on any atom is 0.232 e. The Morgan fingerprint density at radius 2 is 1.92 bits per heavy atom. The highest BCUT2D eigenvalue weighted by molar-refractivity contribution is 8.13. The van der Waals surface area contributed by atoms with Crippen molar-refractivity contribution < 1.29 is 13.2 Å². The van der Waals surface area contributed by atoms with Gasteiger partial charge in [0, 0.05) is 23.9 Å². The summed E-state index contributed by atoms with van der Waals surface area (Å²) in [5.74, 6) is 0.618. The Kier molecular flexibility index (Phi) is 6.73. The average molecular weight is 229 g/mol. The highest BCUT2D eigenvalue weighted by Gasteiger charge is 2.03. The van der Waals surface area contributed by atoms with Crippen molar-refractivity contribution >= 4 is 19.7 Å². The van der Waals surface area contributed by atoms with E-state index >= 15 is 0 Å². The van der Waals surface area contributed by atoms with Gasteiger partial charge in [-0.15, -0.1) is 0 Å². The molecule has 80 valence electrons. The van der Waals surface area contributed by atoms with Gasteiger partial charge in [0.1, 0.15) is 0 Å². The summed E-state index contributed by atoms with van der Waals surface area (Å²) < 4.78 is 26.2. The highest BCUT2D eigenvalue weighted by atomic mass is 35.7. The molecule has 0 N–H and O–H groups in total. The van der Waals surface area contributed by atoms with E-state index in [1.165, 1.54) is 0 Å². The van der Waals surface area contributed by atoms with Crippen molar-refractivity contribution in [3.63, 3.8) is 0 Å². The van der Waals surface area contributed by atoms with Crippen LogP contribution >= 0.6 is 10.7 Å². The van der Waals surface area contributed by atoms with E-state index in [1.807, 2.05) is 0 Å². The zero-order chi connectivity index (χ0) is 10.3. The van der Waals surface area contributed by atoms with Crippen LogP contribution in [0.5, 0.6) is 0 Å². The summed E-state index contributed by atoms with van der Waals surface area (Å²) in [7, 11) is 1.68. The molecule has 3 nitrogen and oxygen atoms in total. The van der Waals surface area contributed by atoms with Gasteiger partial charge in [0.05, 0.1) is 5.75 Å². The van der Waals surface area contributed by atoms with Gasteiger partial charge in [-0.05, 0) is 18.8 Å². The first-order chi connectivity index (χ1) is 5.92. The van der Waals surface area contributed by atoms with Crippen molar-refractivity contribution in [2.24, 2.45) is 5.92 Å². The third-order valence-corrected chi connectivity index (χ3v) is 2.76. The topological polar surface area (TPSA) is 43.4 Å². The summed E-state index contributed by atoms with van der Waals surface area (Å²) in [4.78, 5) is 0.